The number of rotatable bonds is 14. The van der Waals surface area contributed by atoms with Crippen molar-refractivity contribution in [3.63, 3.8) is 0 Å². The smallest absolute Gasteiger partial charge is 0.338 e. The Morgan fingerprint density at radius 1 is 0.494 bits per heavy atom. The maximum absolute atomic E-state index is 15.2. The molecular formula is C55H56N8O18S2. The largest absolute Gasteiger partial charge is 0.467 e. The number of methoxy groups -OCH3 is 4. The topological polar surface area (TPSA) is 333 Å². The molecule has 2 aromatic rings. The molecule has 0 radical (unpaired) electrons. The van der Waals surface area contributed by atoms with Gasteiger partial charge in [-0.3, -0.25) is 49.2 Å². The van der Waals surface area contributed by atoms with E-state index in [1.54, 1.807) is 0 Å². The van der Waals surface area contributed by atoms with Gasteiger partial charge in [-0.1, -0.05) is 0 Å². The Morgan fingerprint density at radius 2 is 0.747 bits per heavy atom. The fourth-order valence-corrected chi connectivity index (χ4v) is 21.2. The van der Waals surface area contributed by atoms with Gasteiger partial charge in [0.1, 0.15) is 0 Å². The number of carbonyl (C=O) groups is 8. The summed E-state index contributed by atoms with van der Waals surface area (Å²) in [5.41, 5.74) is -6.88. The second kappa shape index (κ2) is 18.1. The molecule has 6 heterocycles. The lowest BCUT2D eigenvalue weighted by molar-refractivity contribution is -0.385. The highest BCUT2D eigenvalue weighted by Gasteiger charge is 2.98. The number of hydrogen-bond acceptors (Lipinski definition) is 20. The van der Waals surface area contributed by atoms with Crippen molar-refractivity contribution in [3.8, 4) is 0 Å². The van der Waals surface area contributed by atoms with Crippen molar-refractivity contribution >= 4 is 105 Å². The van der Waals surface area contributed by atoms with E-state index in [2.05, 4.69) is 21.3 Å². The monoisotopic (exact) mass is 1180 g/mol. The first-order valence-corrected chi connectivity index (χ1v) is 28.6. The number of nitro groups is 2. The summed E-state index contributed by atoms with van der Waals surface area (Å²) in [4.78, 5) is 143. The number of non-ortho nitro benzene ring substituents is 2. The summed E-state index contributed by atoms with van der Waals surface area (Å²) in [5, 5.41) is 34.4. The molecule has 4 amide bonds. The van der Waals surface area contributed by atoms with Crippen molar-refractivity contribution in [2.45, 2.75) is 41.7 Å². The van der Waals surface area contributed by atoms with E-state index in [-0.39, 0.29) is 47.8 Å². The van der Waals surface area contributed by atoms with Crippen LogP contribution >= 0.6 is 24.4 Å². The zero-order valence-electron chi connectivity index (χ0n) is 44.9. The SMILES string of the molecule is COC(=O)C12OC(C(=O)OC)(C3C4CC(C5C(=O)N(CCNC(=S)Nc6ccc([N+](=O)[O-])cc6)C(=O)C45)C31)C1C3CC(C12)C1C3C2(C(=O)OC)OC1(C(=O)OC)C1C3CC(C4C(=O)N(CCNC(=S)Nc5ccc([N+](=O)[O-])cc5)C(=O)C34)C12. The van der Waals surface area contributed by atoms with Crippen LogP contribution in [0, 0.1) is 127 Å². The van der Waals surface area contributed by atoms with Gasteiger partial charge in [-0.25, -0.2) is 19.2 Å². The number of ether oxygens (including phenoxy) is 6. The molecule has 0 aromatic heterocycles. The number of esters is 4. The number of carbonyl (C=O) groups excluding carboxylic acids is 8. The number of amides is 4. The maximum atomic E-state index is 15.2. The van der Waals surface area contributed by atoms with Gasteiger partial charge in [0.2, 0.25) is 23.6 Å². The standard InChI is InChI=1S/C55H56N8O18S2/c1-76-46(68)52-34-24-17-25(31-30(24)42(64)60(43(31)65)15-13-56-50(82)58-20-5-9-22(10-6-20)62(72)73)35(34)53(80-52,47(69)77-2)39-29-19-28(38(39)52)40-41(29)55(49(71)79-4)37-27-18-26(36(37)54(40,81-55)48(70)78-3)32-33(27)45(67)61(44(32)66)16-14-57-51(83)59-21-7-11-23(12-8-21)63(74)75/h5-12,24-41H,13-19H2,1-4H3,(H2,56,58,82)(H2,57,59,83). The number of nitro benzene ring substituents is 2. The van der Waals surface area contributed by atoms with E-state index in [1.807, 2.05) is 0 Å². The van der Waals surface area contributed by atoms with Crippen molar-refractivity contribution in [2.24, 2.45) is 107 Å². The lowest BCUT2D eigenvalue weighted by atomic mass is 9.41. The summed E-state index contributed by atoms with van der Waals surface area (Å²) in [6.45, 7) is -0.0598. The van der Waals surface area contributed by atoms with E-state index in [0.717, 1.165) is 0 Å². The minimum atomic E-state index is -1.90. The number of nitrogens with zero attached hydrogens (tertiary/aromatic N) is 4. The zero-order valence-corrected chi connectivity index (χ0v) is 46.5. The third kappa shape index (κ3) is 6.38. The third-order valence-corrected chi connectivity index (χ3v) is 22.8. The van der Waals surface area contributed by atoms with E-state index >= 15 is 19.2 Å². The van der Waals surface area contributed by atoms with Gasteiger partial charge in [-0.15, -0.1) is 0 Å². The predicted molar refractivity (Wildman–Crippen MR) is 286 cm³/mol. The molecule has 436 valence electrons. The molecule has 14 rings (SSSR count). The molecule has 6 saturated carbocycles. The molecule has 26 nitrogen and oxygen atoms in total. The van der Waals surface area contributed by atoms with Gasteiger partial charge in [-0.05, 0) is 103 Å². The minimum absolute atomic E-state index is 0.0486. The summed E-state index contributed by atoms with van der Waals surface area (Å²) in [6.07, 6.45) is 0.936. The first kappa shape index (κ1) is 53.7. The molecule has 20 atom stereocenters. The van der Waals surface area contributed by atoms with Gasteiger partial charge in [0.25, 0.3) is 11.4 Å². The molecule has 10 bridgehead atoms. The van der Waals surface area contributed by atoms with E-state index < -0.39 is 186 Å². The Morgan fingerprint density at radius 3 is 1.00 bits per heavy atom. The lowest BCUT2D eigenvalue weighted by Gasteiger charge is -2.57. The van der Waals surface area contributed by atoms with Crippen LogP contribution in [0.4, 0.5) is 22.7 Å². The lowest BCUT2D eigenvalue weighted by Crippen LogP contribution is -2.69. The van der Waals surface area contributed by atoms with Crippen LogP contribution in [0.15, 0.2) is 48.5 Å². The first-order valence-electron chi connectivity index (χ1n) is 27.8. The molecule has 6 aliphatic carbocycles. The highest BCUT2D eigenvalue weighted by molar-refractivity contribution is 7.80. The van der Waals surface area contributed by atoms with Gasteiger partial charge >= 0.3 is 23.9 Å². The van der Waals surface area contributed by atoms with Crippen LogP contribution in [-0.4, -0.2) is 154 Å². The molecule has 0 spiro atoms. The van der Waals surface area contributed by atoms with E-state index in [1.165, 1.54) is 86.8 Å². The number of thiocarbonyl (C=S) groups is 2. The number of fused-ring (bicyclic) bond motifs is 36. The van der Waals surface area contributed by atoms with Crippen LogP contribution in [0.25, 0.3) is 0 Å². The molecule has 83 heavy (non-hydrogen) atoms. The van der Waals surface area contributed by atoms with Crippen molar-refractivity contribution < 1.29 is 76.6 Å². The van der Waals surface area contributed by atoms with Gasteiger partial charge < -0.3 is 49.7 Å². The van der Waals surface area contributed by atoms with Crippen LogP contribution in [0.2, 0.25) is 0 Å². The van der Waals surface area contributed by atoms with Crippen LogP contribution in [0.5, 0.6) is 0 Å². The van der Waals surface area contributed by atoms with Crippen LogP contribution < -0.4 is 21.3 Å². The van der Waals surface area contributed by atoms with E-state index in [4.69, 9.17) is 52.9 Å². The van der Waals surface area contributed by atoms with Gasteiger partial charge in [-0.2, -0.15) is 0 Å². The Kier molecular flexibility index (Phi) is 11.7. The predicted octanol–water partition coefficient (Wildman–Crippen LogP) is 1.59. The molecule has 4 N–H and O–H groups in total. The number of hydrogen-bond donors (Lipinski definition) is 4. The number of likely N-dealkylation sites (tertiary alicyclic amines) is 2. The first-order chi connectivity index (χ1) is 39.7. The average Bonchev–Trinajstić information content (AvgIpc) is 1.44. The molecule has 2 aromatic carbocycles. The fraction of sp³-hybridized carbons (Fsp3) is 0.600. The summed E-state index contributed by atoms with van der Waals surface area (Å²) in [7, 11) is 4.88. The molecule has 6 aliphatic heterocycles. The van der Waals surface area contributed by atoms with E-state index in [9.17, 15) is 39.4 Å². The summed E-state index contributed by atoms with van der Waals surface area (Å²) in [5.74, 6) is -19.1. The third-order valence-electron chi connectivity index (χ3n) is 22.3. The van der Waals surface area contributed by atoms with Crippen LogP contribution in [0.3, 0.4) is 0 Å². The maximum Gasteiger partial charge on any atom is 0.338 e. The Balaban J connectivity index is 0.771. The molecule has 6 saturated heterocycles. The van der Waals surface area contributed by atoms with Gasteiger partial charge in [0.05, 0.1) is 62.0 Å². The molecule has 28 heteroatoms. The van der Waals surface area contributed by atoms with E-state index in [0.29, 0.717) is 30.6 Å². The number of nitrogens with one attached hydrogen (secondary N) is 4. The highest BCUT2D eigenvalue weighted by Crippen LogP contribution is 2.88. The van der Waals surface area contributed by atoms with Crippen LogP contribution in [0.1, 0.15) is 19.3 Å². The highest BCUT2D eigenvalue weighted by atomic mass is 32.1. The van der Waals surface area contributed by atoms with Gasteiger partial charge in [0.15, 0.2) is 32.6 Å². The van der Waals surface area contributed by atoms with Crippen molar-refractivity contribution in [1.29, 1.82) is 0 Å². The molecular weight excluding hydrogens is 1120 g/mol. The Labute approximate surface area is 482 Å². The summed E-state index contributed by atoms with van der Waals surface area (Å²) < 4.78 is 37.4. The molecule has 12 aliphatic rings. The Hall–Kier alpha value is -7.30. The van der Waals surface area contributed by atoms with Crippen LogP contribution in [-0.2, 0) is 66.8 Å². The quantitative estimate of drug-likeness (QED) is 0.0521. The molecule has 12 fully saturated rings. The number of imide groups is 2. The second-order valence-corrected chi connectivity index (χ2v) is 25.2. The number of benzene rings is 2. The van der Waals surface area contributed by atoms with Gasteiger partial charge in [0, 0.05) is 109 Å². The fourth-order valence-electron chi connectivity index (χ4n) is 20.8. The van der Waals surface area contributed by atoms with Crippen molar-refractivity contribution in [1.82, 2.24) is 20.4 Å². The average molecular weight is 1180 g/mol. The summed E-state index contributed by atoms with van der Waals surface area (Å²) >= 11 is 10.9. The normalized spacial score (nSPS) is 41.9. The molecule has 20 unspecified atom stereocenters. The number of anilines is 2. The summed E-state index contributed by atoms with van der Waals surface area (Å²) in [6, 6.07) is 11.2. The zero-order chi connectivity index (χ0) is 58.5. The minimum Gasteiger partial charge on any atom is -0.467 e. The van der Waals surface area contributed by atoms with Crippen molar-refractivity contribution in [2.75, 3.05) is 65.3 Å². The second-order valence-electron chi connectivity index (χ2n) is 24.4. The van der Waals surface area contributed by atoms with Crippen molar-refractivity contribution in [3.05, 3.63) is 68.8 Å². The Bertz CT molecular complexity index is 3010.